The zero-order chi connectivity index (χ0) is 14.1. The zero-order valence-corrected chi connectivity index (χ0v) is 11.9. The Balaban J connectivity index is 1.92. The molecule has 6 heteroatoms. The molecule has 104 valence electrons. The molecule has 1 fully saturated rings. The molecular weight excluding hydrogens is 246 g/mol. The summed E-state index contributed by atoms with van der Waals surface area (Å²) in [6.07, 6.45) is 5.61. The van der Waals surface area contributed by atoms with E-state index in [1.54, 1.807) is 10.9 Å². The molecule has 1 aliphatic rings. The highest BCUT2D eigenvalue weighted by atomic mass is 19.1. The van der Waals surface area contributed by atoms with Gasteiger partial charge in [-0.2, -0.15) is 5.10 Å². The molecule has 19 heavy (non-hydrogen) atoms. The van der Waals surface area contributed by atoms with E-state index in [1.165, 1.54) is 6.08 Å². The van der Waals surface area contributed by atoms with Gasteiger partial charge >= 0.3 is 7.12 Å². The minimum atomic E-state index is -0.900. The van der Waals surface area contributed by atoms with Crippen LogP contribution in [0.25, 0.3) is 0 Å². The molecule has 2 rings (SSSR count). The second-order valence-corrected chi connectivity index (χ2v) is 5.74. The Morgan fingerprint density at radius 2 is 1.95 bits per heavy atom. The van der Waals surface area contributed by atoms with Crippen LogP contribution >= 0.6 is 0 Å². The van der Waals surface area contributed by atoms with Crippen LogP contribution in [0, 0.1) is 0 Å². The zero-order valence-electron chi connectivity index (χ0n) is 11.9. The lowest BCUT2D eigenvalue weighted by atomic mass is 9.87. The fourth-order valence-corrected chi connectivity index (χ4v) is 1.82. The van der Waals surface area contributed by atoms with E-state index < -0.39 is 18.3 Å². The van der Waals surface area contributed by atoms with Gasteiger partial charge in [0.2, 0.25) is 0 Å². The van der Waals surface area contributed by atoms with Crippen LogP contribution < -0.4 is 0 Å². The highest BCUT2D eigenvalue weighted by Gasteiger charge is 2.52. The summed E-state index contributed by atoms with van der Waals surface area (Å²) in [4.78, 5) is 0. The predicted molar refractivity (Wildman–Crippen MR) is 72.1 cm³/mol. The molecule has 1 saturated heterocycles. The van der Waals surface area contributed by atoms with Crippen molar-refractivity contribution in [3.63, 3.8) is 0 Å². The number of aromatic nitrogens is 2. The fraction of sp³-hybridized carbons (Fsp3) is 0.615. The van der Waals surface area contributed by atoms with Crippen molar-refractivity contribution in [1.29, 1.82) is 0 Å². The standard InChI is InChI=1S/C13H20BFN2O2/c1-12(2)13(3,4)19-14(18-12)11(15)7-5-9-17-10-6-8-16-17/h6-8,10H,5,9H2,1-4H3. The number of nitrogens with zero attached hydrogens (tertiary/aromatic N) is 2. The summed E-state index contributed by atoms with van der Waals surface area (Å²) in [5.74, 6) is 0. The van der Waals surface area contributed by atoms with Gasteiger partial charge in [0.05, 0.1) is 11.2 Å². The molecule has 0 amide bonds. The van der Waals surface area contributed by atoms with Gasteiger partial charge in [0, 0.05) is 18.9 Å². The number of hydrogen-bond acceptors (Lipinski definition) is 3. The summed E-state index contributed by atoms with van der Waals surface area (Å²) in [5, 5.41) is 4.06. The van der Waals surface area contributed by atoms with Crippen LogP contribution in [-0.4, -0.2) is 28.1 Å². The van der Waals surface area contributed by atoms with Crippen molar-refractivity contribution in [1.82, 2.24) is 9.78 Å². The SMILES string of the molecule is CC1(C)OB(C(F)=CCCn2cccn2)OC1(C)C. The van der Waals surface area contributed by atoms with E-state index in [9.17, 15) is 4.39 Å². The van der Waals surface area contributed by atoms with E-state index in [2.05, 4.69) is 5.10 Å². The highest BCUT2D eigenvalue weighted by molar-refractivity contribution is 6.53. The molecule has 0 N–H and O–H groups in total. The van der Waals surface area contributed by atoms with Crippen LogP contribution in [0.2, 0.25) is 0 Å². The average Bonchev–Trinajstić information content (AvgIpc) is 2.86. The molecule has 0 aromatic carbocycles. The number of aryl methyl sites for hydroxylation is 1. The van der Waals surface area contributed by atoms with E-state index >= 15 is 0 Å². The predicted octanol–water partition coefficient (Wildman–Crippen LogP) is 2.76. The van der Waals surface area contributed by atoms with Crippen LogP contribution in [0.15, 0.2) is 30.3 Å². The number of rotatable bonds is 4. The van der Waals surface area contributed by atoms with Gasteiger partial charge in [0.15, 0.2) is 0 Å². The topological polar surface area (TPSA) is 36.3 Å². The Morgan fingerprint density at radius 1 is 1.32 bits per heavy atom. The van der Waals surface area contributed by atoms with Gasteiger partial charge in [-0.1, -0.05) is 6.08 Å². The fourth-order valence-electron chi connectivity index (χ4n) is 1.82. The van der Waals surface area contributed by atoms with E-state index in [0.717, 1.165) is 0 Å². The minimum absolute atomic E-state index is 0.370. The maximum absolute atomic E-state index is 14.0. The number of hydrogen-bond donors (Lipinski definition) is 0. The van der Waals surface area contributed by atoms with Gasteiger partial charge in [-0.05, 0) is 40.2 Å². The van der Waals surface area contributed by atoms with E-state index in [0.29, 0.717) is 13.0 Å². The molecule has 0 radical (unpaired) electrons. The maximum atomic E-state index is 14.0. The molecule has 0 saturated carbocycles. The molecule has 0 aliphatic carbocycles. The Labute approximate surface area is 113 Å². The first kappa shape index (κ1) is 14.3. The van der Waals surface area contributed by atoms with Gasteiger partial charge < -0.3 is 9.31 Å². The van der Waals surface area contributed by atoms with Crippen LogP contribution in [0.3, 0.4) is 0 Å². The Kier molecular flexibility index (Phi) is 3.83. The Morgan fingerprint density at radius 3 is 2.47 bits per heavy atom. The summed E-state index contributed by atoms with van der Waals surface area (Å²) in [7, 11) is -0.900. The van der Waals surface area contributed by atoms with E-state index in [4.69, 9.17) is 9.31 Å². The largest absolute Gasteiger partial charge is 0.524 e. The van der Waals surface area contributed by atoms with Crippen molar-refractivity contribution in [2.45, 2.75) is 51.9 Å². The first-order valence-corrected chi connectivity index (χ1v) is 6.50. The molecule has 1 aliphatic heterocycles. The highest BCUT2D eigenvalue weighted by Crippen LogP contribution is 2.38. The van der Waals surface area contributed by atoms with Crippen molar-refractivity contribution < 1.29 is 13.7 Å². The van der Waals surface area contributed by atoms with Crippen molar-refractivity contribution >= 4 is 7.12 Å². The molecule has 0 atom stereocenters. The maximum Gasteiger partial charge on any atom is 0.524 e. The third kappa shape index (κ3) is 3.07. The summed E-state index contributed by atoms with van der Waals surface area (Å²) in [5.41, 5.74) is -1.39. The van der Waals surface area contributed by atoms with Gasteiger partial charge in [0.25, 0.3) is 0 Å². The van der Waals surface area contributed by atoms with Crippen molar-refractivity contribution in [2.75, 3.05) is 0 Å². The lowest BCUT2D eigenvalue weighted by Gasteiger charge is -2.32. The Bertz CT molecular complexity index is 441. The summed E-state index contributed by atoms with van der Waals surface area (Å²) < 4.78 is 27.0. The van der Waals surface area contributed by atoms with Crippen LogP contribution in [0.1, 0.15) is 34.1 Å². The third-order valence-corrected chi connectivity index (χ3v) is 3.74. The molecule has 1 aromatic rings. The molecular formula is C13H20BFN2O2. The van der Waals surface area contributed by atoms with Gasteiger partial charge in [-0.3, -0.25) is 4.68 Å². The van der Waals surface area contributed by atoms with Gasteiger partial charge in [0.1, 0.15) is 5.73 Å². The van der Waals surface area contributed by atoms with Crippen LogP contribution in [-0.2, 0) is 15.9 Å². The van der Waals surface area contributed by atoms with Crippen LogP contribution in [0.4, 0.5) is 4.39 Å². The molecule has 0 bridgehead atoms. The molecule has 4 nitrogen and oxygen atoms in total. The van der Waals surface area contributed by atoms with Gasteiger partial charge in [-0.15, -0.1) is 0 Å². The lowest BCUT2D eigenvalue weighted by molar-refractivity contribution is 0.00578. The van der Waals surface area contributed by atoms with Crippen molar-refractivity contribution in [3.8, 4) is 0 Å². The first-order chi connectivity index (χ1) is 8.82. The van der Waals surface area contributed by atoms with Crippen molar-refractivity contribution in [3.05, 3.63) is 30.3 Å². The summed E-state index contributed by atoms with van der Waals surface area (Å²) in [6.45, 7) is 8.27. The van der Waals surface area contributed by atoms with Crippen LogP contribution in [0.5, 0.6) is 0 Å². The second-order valence-electron chi connectivity index (χ2n) is 5.74. The summed E-state index contributed by atoms with van der Waals surface area (Å²) in [6, 6.07) is 1.84. The summed E-state index contributed by atoms with van der Waals surface area (Å²) >= 11 is 0. The normalized spacial score (nSPS) is 21.9. The Hall–Kier alpha value is -1.14. The molecule has 1 aromatic heterocycles. The second kappa shape index (κ2) is 5.09. The van der Waals surface area contributed by atoms with E-state index in [1.807, 2.05) is 40.0 Å². The average molecular weight is 266 g/mol. The lowest BCUT2D eigenvalue weighted by Crippen LogP contribution is -2.41. The monoisotopic (exact) mass is 266 g/mol. The van der Waals surface area contributed by atoms with E-state index in [-0.39, 0.29) is 5.73 Å². The quantitative estimate of drug-likeness (QED) is 0.786. The number of allylic oxidation sites excluding steroid dienone is 1. The molecule has 2 heterocycles. The third-order valence-electron chi connectivity index (χ3n) is 3.74. The van der Waals surface area contributed by atoms with Crippen molar-refractivity contribution in [2.24, 2.45) is 0 Å². The molecule has 0 unspecified atom stereocenters. The van der Waals surface area contributed by atoms with Gasteiger partial charge in [-0.25, -0.2) is 4.39 Å². The molecule has 0 spiro atoms. The minimum Gasteiger partial charge on any atom is -0.398 e. The smallest absolute Gasteiger partial charge is 0.398 e. The number of halogens is 1. The first-order valence-electron chi connectivity index (χ1n) is 6.50.